The largest absolute Gasteiger partial charge is 0.386 e. The molecule has 0 radical (unpaired) electrons. The van der Waals surface area contributed by atoms with Gasteiger partial charge >= 0.3 is 0 Å². The van der Waals surface area contributed by atoms with Gasteiger partial charge in [-0.1, -0.05) is 0 Å². The van der Waals surface area contributed by atoms with E-state index < -0.39 is 6.10 Å². The number of thiophene rings is 1. The summed E-state index contributed by atoms with van der Waals surface area (Å²) < 4.78 is 0. The summed E-state index contributed by atoms with van der Waals surface area (Å²) in [5.41, 5.74) is 1.01. The molecule has 3 N–H and O–H groups in total. The smallest absolute Gasteiger partial charge is 0.142 e. The molecule has 2 heterocycles. The van der Waals surface area contributed by atoms with Gasteiger partial charge in [0.15, 0.2) is 0 Å². The van der Waals surface area contributed by atoms with E-state index in [1.807, 2.05) is 20.0 Å². The van der Waals surface area contributed by atoms with Crippen LogP contribution in [0.15, 0.2) is 6.07 Å². The monoisotopic (exact) mass is 211 g/mol. The van der Waals surface area contributed by atoms with Crippen LogP contribution >= 0.6 is 11.3 Å². The number of H-pyrrole nitrogens is 1. The summed E-state index contributed by atoms with van der Waals surface area (Å²) >= 11 is 1.53. The highest BCUT2D eigenvalue weighted by Crippen LogP contribution is 2.27. The van der Waals surface area contributed by atoms with Gasteiger partial charge in [-0.3, -0.25) is 0 Å². The minimum atomic E-state index is -0.437. The maximum atomic E-state index is 9.72. The van der Waals surface area contributed by atoms with Crippen molar-refractivity contribution in [3.63, 3.8) is 0 Å². The number of aliphatic hydroxyl groups is 1. The number of imidazole rings is 1. The molecule has 1 unspecified atom stereocenters. The summed E-state index contributed by atoms with van der Waals surface area (Å²) in [6.45, 7) is 2.50. The molecule has 0 amide bonds. The van der Waals surface area contributed by atoms with Crippen molar-refractivity contribution in [1.82, 2.24) is 15.3 Å². The third-order valence-electron chi connectivity index (χ3n) is 2.04. The van der Waals surface area contributed by atoms with E-state index >= 15 is 0 Å². The van der Waals surface area contributed by atoms with Crippen molar-refractivity contribution in [3.8, 4) is 0 Å². The number of aryl methyl sites for hydroxylation is 1. The average molecular weight is 211 g/mol. The van der Waals surface area contributed by atoms with E-state index in [-0.39, 0.29) is 0 Å². The molecule has 2 rings (SSSR count). The van der Waals surface area contributed by atoms with Crippen molar-refractivity contribution < 1.29 is 5.11 Å². The molecule has 2 aromatic rings. The van der Waals surface area contributed by atoms with Gasteiger partial charge in [-0.25, -0.2) is 4.98 Å². The summed E-state index contributed by atoms with van der Waals surface area (Å²) in [7, 11) is 1.82. The molecule has 0 aliphatic carbocycles. The normalized spacial score (nSPS) is 13.6. The number of likely N-dealkylation sites (N-methyl/N-ethyl adjacent to an activating group) is 1. The van der Waals surface area contributed by atoms with E-state index in [2.05, 4.69) is 15.3 Å². The lowest BCUT2D eigenvalue weighted by Gasteiger charge is -2.05. The first-order valence-electron chi connectivity index (χ1n) is 4.49. The third kappa shape index (κ3) is 1.66. The Morgan fingerprint density at radius 3 is 3.14 bits per heavy atom. The van der Waals surface area contributed by atoms with Gasteiger partial charge < -0.3 is 15.4 Å². The Morgan fingerprint density at radius 2 is 2.50 bits per heavy atom. The molecule has 14 heavy (non-hydrogen) atoms. The maximum absolute atomic E-state index is 9.72. The Hall–Kier alpha value is -0.910. The van der Waals surface area contributed by atoms with E-state index in [4.69, 9.17) is 0 Å². The number of rotatable bonds is 3. The lowest BCUT2D eigenvalue weighted by Crippen LogP contribution is -2.15. The van der Waals surface area contributed by atoms with Crippen LogP contribution in [0.25, 0.3) is 10.3 Å². The minimum Gasteiger partial charge on any atom is -0.386 e. The van der Waals surface area contributed by atoms with Crippen LogP contribution in [0.5, 0.6) is 0 Å². The molecule has 2 aromatic heterocycles. The van der Waals surface area contributed by atoms with Gasteiger partial charge in [0.05, 0.1) is 5.52 Å². The first-order valence-corrected chi connectivity index (χ1v) is 5.31. The van der Waals surface area contributed by atoms with E-state index in [1.54, 1.807) is 0 Å². The number of aromatic amines is 1. The van der Waals surface area contributed by atoms with Gasteiger partial charge in [-0.15, -0.1) is 11.3 Å². The maximum Gasteiger partial charge on any atom is 0.142 e. The Labute approximate surface area is 86.0 Å². The fourth-order valence-corrected chi connectivity index (χ4v) is 2.43. The highest BCUT2D eigenvalue weighted by Gasteiger charge is 2.12. The number of aromatic nitrogens is 2. The number of fused-ring (bicyclic) bond motifs is 1. The van der Waals surface area contributed by atoms with Crippen molar-refractivity contribution >= 4 is 21.7 Å². The topological polar surface area (TPSA) is 60.9 Å². The van der Waals surface area contributed by atoms with Crippen molar-refractivity contribution in [2.75, 3.05) is 13.6 Å². The molecule has 0 aliphatic rings. The molecule has 76 valence electrons. The molecule has 1 atom stereocenters. The predicted octanol–water partition coefficient (Wildman–Crippen LogP) is 1.19. The number of aliphatic hydroxyl groups excluding tert-OH is 1. The Morgan fingerprint density at radius 1 is 1.71 bits per heavy atom. The van der Waals surface area contributed by atoms with Gasteiger partial charge in [0.1, 0.15) is 16.8 Å². The second kappa shape index (κ2) is 3.68. The molecular weight excluding hydrogens is 198 g/mol. The second-order valence-corrected chi connectivity index (χ2v) is 4.33. The van der Waals surface area contributed by atoms with E-state index in [1.165, 1.54) is 11.3 Å². The lowest BCUT2D eigenvalue weighted by molar-refractivity contribution is 0.181. The molecule has 0 aliphatic heterocycles. The van der Waals surface area contributed by atoms with Crippen LogP contribution in [0.2, 0.25) is 0 Å². The van der Waals surface area contributed by atoms with E-state index in [0.717, 1.165) is 21.0 Å². The standard InChI is InChI=1S/C9H13N3OS/c1-5-11-6-3-8(7(13)4-10-2)14-9(6)12-5/h3,7,10,13H,4H2,1-2H3,(H,11,12). The van der Waals surface area contributed by atoms with Crippen molar-refractivity contribution in [3.05, 3.63) is 16.8 Å². The number of nitrogens with zero attached hydrogens (tertiary/aromatic N) is 1. The minimum absolute atomic E-state index is 0.437. The zero-order valence-electron chi connectivity index (χ0n) is 8.16. The quantitative estimate of drug-likeness (QED) is 0.714. The summed E-state index contributed by atoms with van der Waals surface area (Å²) in [5, 5.41) is 12.7. The summed E-state index contributed by atoms with van der Waals surface area (Å²) in [5.74, 6) is 0.918. The summed E-state index contributed by atoms with van der Waals surface area (Å²) in [6, 6.07) is 1.96. The van der Waals surface area contributed by atoms with Crippen LogP contribution < -0.4 is 5.32 Å². The predicted molar refractivity (Wildman–Crippen MR) is 57.6 cm³/mol. The highest BCUT2D eigenvalue weighted by atomic mass is 32.1. The highest BCUT2D eigenvalue weighted by molar-refractivity contribution is 7.18. The van der Waals surface area contributed by atoms with Crippen LogP contribution in [0.3, 0.4) is 0 Å². The van der Waals surface area contributed by atoms with Gasteiger partial charge in [-0.2, -0.15) is 0 Å². The van der Waals surface area contributed by atoms with E-state index in [0.29, 0.717) is 6.54 Å². The average Bonchev–Trinajstić information content (AvgIpc) is 2.61. The molecule has 0 saturated heterocycles. The Kier molecular flexibility index (Phi) is 2.54. The van der Waals surface area contributed by atoms with Gasteiger partial charge in [0, 0.05) is 11.4 Å². The Bertz CT molecular complexity index is 403. The number of hydrogen-bond donors (Lipinski definition) is 3. The first-order chi connectivity index (χ1) is 6.70. The van der Waals surface area contributed by atoms with Gasteiger partial charge in [0.2, 0.25) is 0 Å². The zero-order valence-corrected chi connectivity index (χ0v) is 8.98. The van der Waals surface area contributed by atoms with Gasteiger partial charge in [-0.05, 0) is 20.0 Å². The molecule has 0 bridgehead atoms. The number of nitrogens with one attached hydrogen (secondary N) is 2. The fraction of sp³-hybridized carbons (Fsp3) is 0.444. The summed E-state index contributed by atoms with van der Waals surface area (Å²) in [6.07, 6.45) is -0.437. The molecule has 0 fully saturated rings. The van der Waals surface area contributed by atoms with Crippen molar-refractivity contribution in [1.29, 1.82) is 0 Å². The van der Waals surface area contributed by atoms with Crippen LogP contribution in [0.4, 0.5) is 0 Å². The molecule has 0 saturated carbocycles. The first kappa shape index (κ1) is 9.64. The lowest BCUT2D eigenvalue weighted by atomic mass is 10.3. The third-order valence-corrected chi connectivity index (χ3v) is 3.17. The van der Waals surface area contributed by atoms with Crippen molar-refractivity contribution in [2.24, 2.45) is 0 Å². The van der Waals surface area contributed by atoms with Crippen LogP contribution in [-0.4, -0.2) is 28.7 Å². The van der Waals surface area contributed by atoms with Crippen LogP contribution in [0.1, 0.15) is 16.8 Å². The molecule has 4 nitrogen and oxygen atoms in total. The van der Waals surface area contributed by atoms with Crippen LogP contribution in [-0.2, 0) is 0 Å². The SMILES string of the molecule is CNCC(O)c1cc2[nH]c(C)nc2s1. The molecule has 0 aromatic carbocycles. The second-order valence-electron chi connectivity index (χ2n) is 3.26. The Balaban J connectivity index is 2.31. The van der Waals surface area contributed by atoms with E-state index in [9.17, 15) is 5.11 Å². The molecule has 0 spiro atoms. The fourth-order valence-electron chi connectivity index (χ4n) is 1.41. The van der Waals surface area contributed by atoms with Crippen molar-refractivity contribution in [2.45, 2.75) is 13.0 Å². The van der Waals surface area contributed by atoms with Gasteiger partial charge in [0.25, 0.3) is 0 Å². The molecule has 5 heteroatoms. The zero-order chi connectivity index (χ0) is 10.1. The molecular formula is C9H13N3OS. The number of hydrogen-bond acceptors (Lipinski definition) is 4. The summed E-state index contributed by atoms with van der Waals surface area (Å²) in [4.78, 5) is 9.37. The van der Waals surface area contributed by atoms with Crippen LogP contribution in [0, 0.1) is 6.92 Å².